The monoisotopic (exact) mass is 387 g/mol. The zero-order valence-corrected chi connectivity index (χ0v) is 16.3. The molecule has 7 heteroatoms. The van der Waals surface area contributed by atoms with E-state index >= 15 is 0 Å². The van der Waals surface area contributed by atoms with Gasteiger partial charge in [0.1, 0.15) is 11.4 Å². The minimum atomic E-state index is -0.363. The molecule has 0 aliphatic carbocycles. The molecule has 0 bridgehead atoms. The molecule has 1 amide bonds. The van der Waals surface area contributed by atoms with Crippen molar-refractivity contribution in [1.82, 2.24) is 9.97 Å². The van der Waals surface area contributed by atoms with Gasteiger partial charge in [-0.2, -0.15) is 5.26 Å². The van der Waals surface area contributed by atoms with Crippen LogP contribution in [-0.2, 0) is 6.42 Å². The first-order valence-corrected chi connectivity index (χ1v) is 9.12. The van der Waals surface area contributed by atoms with Crippen LogP contribution in [0.25, 0.3) is 0 Å². The number of ether oxygens (including phenoxy) is 1. The Hall–Kier alpha value is -3.92. The molecule has 0 saturated heterocycles. The zero-order valence-electron chi connectivity index (χ0n) is 16.3. The fourth-order valence-electron chi connectivity index (χ4n) is 2.84. The van der Waals surface area contributed by atoms with Gasteiger partial charge in [-0.25, -0.2) is 9.97 Å². The van der Waals surface area contributed by atoms with Crippen LogP contribution in [0.2, 0.25) is 0 Å². The number of nitriles is 1. The number of nitrogens with zero attached hydrogens (tertiary/aromatic N) is 3. The van der Waals surface area contributed by atoms with E-state index in [-0.39, 0.29) is 11.6 Å². The van der Waals surface area contributed by atoms with E-state index in [9.17, 15) is 4.79 Å². The van der Waals surface area contributed by atoms with Crippen molar-refractivity contribution in [2.45, 2.75) is 13.3 Å². The molecule has 0 aliphatic rings. The number of hydrogen-bond donors (Lipinski definition) is 2. The van der Waals surface area contributed by atoms with Crippen molar-refractivity contribution in [3.8, 4) is 11.8 Å². The number of amides is 1. The Balaban J connectivity index is 1.67. The van der Waals surface area contributed by atoms with Crippen LogP contribution in [-0.4, -0.2) is 29.5 Å². The second-order valence-corrected chi connectivity index (χ2v) is 6.35. The van der Waals surface area contributed by atoms with E-state index in [1.54, 1.807) is 44.4 Å². The lowest BCUT2D eigenvalue weighted by molar-refractivity contribution is 0.102. The molecule has 29 heavy (non-hydrogen) atoms. The normalized spacial score (nSPS) is 10.1. The number of nitrogens with one attached hydrogen (secondary N) is 2. The largest absolute Gasteiger partial charge is 0.496 e. The van der Waals surface area contributed by atoms with E-state index in [4.69, 9.17) is 10.00 Å². The SMILES string of the molecule is COc1ccccc1CCNc1nc(C)cc(C(=O)Nc2cccc(C#N)c2)n1. The average Bonchev–Trinajstić information content (AvgIpc) is 2.74. The summed E-state index contributed by atoms with van der Waals surface area (Å²) < 4.78 is 5.36. The van der Waals surface area contributed by atoms with Crippen LogP contribution in [0.5, 0.6) is 5.75 Å². The van der Waals surface area contributed by atoms with E-state index in [1.165, 1.54) is 0 Å². The lowest BCUT2D eigenvalue weighted by atomic mass is 10.1. The molecule has 146 valence electrons. The second kappa shape index (κ2) is 9.33. The first-order valence-electron chi connectivity index (χ1n) is 9.12. The summed E-state index contributed by atoms with van der Waals surface area (Å²) >= 11 is 0. The van der Waals surface area contributed by atoms with Crippen molar-refractivity contribution in [2.24, 2.45) is 0 Å². The topological polar surface area (TPSA) is 99.9 Å². The van der Waals surface area contributed by atoms with Crippen molar-refractivity contribution in [2.75, 3.05) is 24.3 Å². The van der Waals surface area contributed by atoms with E-state index in [0.29, 0.717) is 29.4 Å². The van der Waals surface area contributed by atoms with Gasteiger partial charge >= 0.3 is 0 Å². The molecule has 0 aliphatic heterocycles. The summed E-state index contributed by atoms with van der Waals surface area (Å²) in [6.07, 6.45) is 0.726. The summed E-state index contributed by atoms with van der Waals surface area (Å²) in [6, 6.07) is 18.2. The third-order valence-electron chi connectivity index (χ3n) is 4.21. The number of anilines is 2. The molecule has 3 aromatic rings. The van der Waals surface area contributed by atoms with Gasteiger partial charge in [0.2, 0.25) is 5.95 Å². The van der Waals surface area contributed by atoms with Crippen LogP contribution in [0.1, 0.15) is 27.3 Å². The van der Waals surface area contributed by atoms with Gasteiger partial charge in [0.15, 0.2) is 0 Å². The van der Waals surface area contributed by atoms with Gasteiger partial charge in [0, 0.05) is 17.9 Å². The maximum atomic E-state index is 12.6. The van der Waals surface area contributed by atoms with Crippen molar-refractivity contribution >= 4 is 17.5 Å². The van der Waals surface area contributed by atoms with Crippen LogP contribution in [0, 0.1) is 18.3 Å². The van der Waals surface area contributed by atoms with Crippen molar-refractivity contribution in [3.63, 3.8) is 0 Å². The van der Waals surface area contributed by atoms with E-state index < -0.39 is 0 Å². The van der Waals surface area contributed by atoms with Crippen molar-refractivity contribution < 1.29 is 9.53 Å². The first-order chi connectivity index (χ1) is 14.1. The zero-order chi connectivity index (χ0) is 20.6. The lowest BCUT2D eigenvalue weighted by Gasteiger charge is -2.10. The van der Waals surface area contributed by atoms with Crippen LogP contribution in [0.3, 0.4) is 0 Å². The molecular formula is C22H21N5O2. The highest BCUT2D eigenvalue weighted by molar-refractivity contribution is 6.03. The summed E-state index contributed by atoms with van der Waals surface area (Å²) in [5.74, 6) is 0.855. The fourth-order valence-corrected chi connectivity index (χ4v) is 2.84. The average molecular weight is 387 g/mol. The predicted octanol–water partition coefficient (Wildman–Crippen LogP) is 3.57. The van der Waals surface area contributed by atoms with Gasteiger partial charge in [0.25, 0.3) is 5.91 Å². The van der Waals surface area contributed by atoms with Crippen LogP contribution >= 0.6 is 0 Å². The molecule has 0 spiro atoms. The van der Waals surface area contributed by atoms with Gasteiger partial charge in [-0.3, -0.25) is 4.79 Å². The number of hydrogen-bond acceptors (Lipinski definition) is 6. The van der Waals surface area contributed by atoms with E-state index in [0.717, 1.165) is 17.7 Å². The highest BCUT2D eigenvalue weighted by Gasteiger charge is 2.11. The number of benzene rings is 2. The number of para-hydroxylation sites is 1. The highest BCUT2D eigenvalue weighted by Crippen LogP contribution is 2.18. The quantitative estimate of drug-likeness (QED) is 0.643. The Labute approximate surface area is 169 Å². The smallest absolute Gasteiger partial charge is 0.274 e. The van der Waals surface area contributed by atoms with Crippen molar-refractivity contribution in [1.29, 1.82) is 5.26 Å². The molecule has 1 heterocycles. The number of carbonyl (C=O) groups is 1. The third kappa shape index (κ3) is 5.30. The highest BCUT2D eigenvalue weighted by atomic mass is 16.5. The Morgan fingerprint density at radius 3 is 2.76 bits per heavy atom. The lowest BCUT2D eigenvalue weighted by Crippen LogP contribution is -2.17. The number of aromatic nitrogens is 2. The number of carbonyl (C=O) groups excluding carboxylic acids is 1. The molecule has 0 radical (unpaired) electrons. The van der Waals surface area contributed by atoms with Crippen LogP contribution in [0.4, 0.5) is 11.6 Å². The molecule has 3 rings (SSSR count). The molecule has 0 atom stereocenters. The summed E-state index contributed by atoms with van der Waals surface area (Å²) in [6.45, 7) is 2.40. The van der Waals surface area contributed by atoms with Gasteiger partial charge in [-0.1, -0.05) is 24.3 Å². The van der Waals surface area contributed by atoms with Gasteiger partial charge in [-0.15, -0.1) is 0 Å². The minimum absolute atomic E-state index is 0.250. The van der Waals surface area contributed by atoms with Crippen LogP contribution in [0.15, 0.2) is 54.6 Å². The molecule has 2 N–H and O–H groups in total. The standard InChI is InChI=1S/C22H21N5O2/c1-15-12-19(21(28)26-18-8-5-6-16(13-18)14-23)27-22(25-15)24-11-10-17-7-3-4-9-20(17)29-2/h3-9,12-13H,10-11H2,1-2H3,(H,26,28)(H,24,25,27). The number of aryl methyl sites for hydroxylation is 1. The van der Waals surface area contributed by atoms with E-state index in [2.05, 4.69) is 20.6 Å². The Kier molecular flexibility index (Phi) is 6.38. The Morgan fingerprint density at radius 1 is 1.14 bits per heavy atom. The maximum absolute atomic E-state index is 12.6. The third-order valence-corrected chi connectivity index (χ3v) is 4.21. The van der Waals surface area contributed by atoms with Crippen LogP contribution < -0.4 is 15.4 Å². The Morgan fingerprint density at radius 2 is 1.97 bits per heavy atom. The predicted molar refractivity (Wildman–Crippen MR) is 111 cm³/mol. The molecule has 0 fully saturated rings. The summed E-state index contributed by atoms with van der Waals surface area (Å²) in [4.78, 5) is 21.2. The molecule has 1 aromatic heterocycles. The van der Waals surface area contributed by atoms with Gasteiger partial charge in [0.05, 0.1) is 18.7 Å². The second-order valence-electron chi connectivity index (χ2n) is 6.35. The fraction of sp³-hybridized carbons (Fsp3) is 0.182. The molecule has 0 unspecified atom stereocenters. The molecule has 2 aromatic carbocycles. The van der Waals surface area contributed by atoms with Crippen molar-refractivity contribution in [3.05, 3.63) is 77.1 Å². The molecule has 7 nitrogen and oxygen atoms in total. The first kappa shape index (κ1) is 19.8. The summed E-state index contributed by atoms with van der Waals surface area (Å²) in [5, 5.41) is 14.9. The number of rotatable bonds is 7. The maximum Gasteiger partial charge on any atom is 0.274 e. The summed E-state index contributed by atoms with van der Waals surface area (Å²) in [7, 11) is 1.65. The van der Waals surface area contributed by atoms with E-state index in [1.807, 2.05) is 30.3 Å². The molecular weight excluding hydrogens is 366 g/mol. The Bertz CT molecular complexity index is 1060. The number of methoxy groups -OCH3 is 1. The summed E-state index contributed by atoms with van der Waals surface area (Å²) in [5.41, 5.74) is 3.01. The van der Waals surface area contributed by atoms with Gasteiger partial charge < -0.3 is 15.4 Å². The molecule has 0 saturated carbocycles. The van der Waals surface area contributed by atoms with Gasteiger partial charge in [-0.05, 0) is 49.2 Å². The minimum Gasteiger partial charge on any atom is -0.496 e.